The standard InChI is InChI=1S/C12H14N4O4/c1-16-10(14-12(19)9-3-2-6-20-9)7-8(15-16)11(18)13-4-5-17/h2-3,6-7,17H,4-5H2,1H3,(H,13,18)(H,14,19). The van der Waals surface area contributed by atoms with Crippen molar-refractivity contribution in [2.24, 2.45) is 7.05 Å². The Morgan fingerprint density at radius 1 is 1.45 bits per heavy atom. The van der Waals surface area contributed by atoms with Gasteiger partial charge in [0, 0.05) is 19.7 Å². The van der Waals surface area contributed by atoms with Crippen molar-refractivity contribution in [2.45, 2.75) is 0 Å². The van der Waals surface area contributed by atoms with Crippen molar-refractivity contribution in [2.75, 3.05) is 18.5 Å². The molecule has 8 heteroatoms. The first-order chi connectivity index (χ1) is 9.61. The molecule has 0 bridgehead atoms. The van der Waals surface area contributed by atoms with Gasteiger partial charge < -0.3 is 20.2 Å². The lowest BCUT2D eigenvalue weighted by molar-refractivity contribution is 0.0938. The number of carbonyl (C=O) groups excluding carboxylic acids is 2. The fourth-order valence-electron chi connectivity index (χ4n) is 1.54. The number of amides is 2. The maximum Gasteiger partial charge on any atom is 0.292 e. The van der Waals surface area contributed by atoms with Crippen LogP contribution < -0.4 is 10.6 Å². The van der Waals surface area contributed by atoms with E-state index in [-0.39, 0.29) is 24.6 Å². The van der Waals surface area contributed by atoms with Crippen molar-refractivity contribution in [3.8, 4) is 0 Å². The summed E-state index contributed by atoms with van der Waals surface area (Å²) in [6.07, 6.45) is 1.39. The molecule has 0 atom stereocenters. The molecule has 2 rings (SSSR count). The van der Waals surface area contributed by atoms with Crippen LogP contribution in [0.25, 0.3) is 0 Å². The van der Waals surface area contributed by atoms with Crippen LogP contribution >= 0.6 is 0 Å². The maximum absolute atomic E-state index is 11.8. The molecular formula is C12H14N4O4. The zero-order valence-electron chi connectivity index (χ0n) is 10.8. The number of aryl methyl sites for hydroxylation is 1. The Balaban J connectivity index is 2.08. The third kappa shape index (κ3) is 3.04. The number of furan rings is 1. The largest absolute Gasteiger partial charge is 0.459 e. The number of nitrogens with one attached hydrogen (secondary N) is 2. The molecule has 0 unspecified atom stereocenters. The molecule has 2 amide bonds. The Bertz CT molecular complexity index is 603. The van der Waals surface area contributed by atoms with E-state index in [1.165, 1.54) is 23.1 Å². The highest BCUT2D eigenvalue weighted by atomic mass is 16.3. The van der Waals surface area contributed by atoms with Gasteiger partial charge >= 0.3 is 0 Å². The number of aromatic nitrogens is 2. The third-order valence-corrected chi connectivity index (χ3v) is 2.50. The minimum atomic E-state index is -0.430. The summed E-state index contributed by atoms with van der Waals surface area (Å²) in [7, 11) is 1.60. The fourth-order valence-corrected chi connectivity index (χ4v) is 1.54. The number of carbonyl (C=O) groups is 2. The maximum atomic E-state index is 11.8. The van der Waals surface area contributed by atoms with E-state index in [2.05, 4.69) is 15.7 Å². The third-order valence-electron chi connectivity index (χ3n) is 2.50. The van der Waals surface area contributed by atoms with Crippen molar-refractivity contribution in [3.63, 3.8) is 0 Å². The monoisotopic (exact) mass is 278 g/mol. The minimum Gasteiger partial charge on any atom is -0.459 e. The normalized spacial score (nSPS) is 10.3. The van der Waals surface area contributed by atoms with Crippen molar-refractivity contribution in [1.29, 1.82) is 0 Å². The molecule has 0 aliphatic rings. The molecule has 0 aliphatic heterocycles. The Kier molecular flexibility index (Phi) is 4.16. The molecule has 0 radical (unpaired) electrons. The molecule has 0 aromatic carbocycles. The highest BCUT2D eigenvalue weighted by Crippen LogP contribution is 2.11. The molecule has 2 aromatic rings. The van der Waals surface area contributed by atoms with Gasteiger partial charge in [0.25, 0.3) is 11.8 Å². The Morgan fingerprint density at radius 3 is 2.90 bits per heavy atom. The topological polar surface area (TPSA) is 109 Å². The van der Waals surface area contributed by atoms with Gasteiger partial charge in [-0.3, -0.25) is 14.3 Å². The zero-order chi connectivity index (χ0) is 14.5. The first-order valence-corrected chi connectivity index (χ1v) is 5.89. The molecule has 0 spiro atoms. The van der Waals surface area contributed by atoms with Gasteiger partial charge in [0.2, 0.25) is 0 Å². The van der Waals surface area contributed by atoms with E-state index in [0.717, 1.165) is 0 Å². The number of rotatable bonds is 5. The average Bonchev–Trinajstić information content (AvgIpc) is 3.06. The number of hydrogen-bond donors (Lipinski definition) is 3. The lowest BCUT2D eigenvalue weighted by Crippen LogP contribution is -2.26. The predicted molar refractivity (Wildman–Crippen MR) is 69.3 cm³/mol. The van der Waals surface area contributed by atoms with E-state index in [1.54, 1.807) is 13.1 Å². The number of aliphatic hydroxyl groups is 1. The molecule has 3 N–H and O–H groups in total. The summed E-state index contributed by atoms with van der Waals surface area (Å²) in [4.78, 5) is 23.5. The minimum absolute atomic E-state index is 0.142. The van der Waals surface area contributed by atoms with Crippen molar-refractivity contribution >= 4 is 17.6 Å². The molecule has 2 aromatic heterocycles. The van der Waals surface area contributed by atoms with Gasteiger partial charge in [-0.1, -0.05) is 0 Å². The van der Waals surface area contributed by atoms with E-state index >= 15 is 0 Å². The van der Waals surface area contributed by atoms with Crippen LogP contribution in [0, 0.1) is 0 Å². The predicted octanol–water partition coefficient (Wildman–Crippen LogP) is -0.0125. The van der Waals surface area contributed by atoms with Gasteiger partial charge in [-0.05, 0) is 12.1 Å². The highest BCUT2D eigenvalue weighted by Gasteiger charge is 2.15. The van der Waals surface area contributed by atoms with Gasteiger partial charge in [0.1, 0.15) is 5.82 Å². The second-order valence-corrected chi connectivity index (χ2v) is 3.95. The first-order valence-electron chi connectivity index (χ1n) is 5.89. The molecule has 20 heavy (non-hydrogen) atoms. The SMILES string of the molecule is Cn1nc(C(=O)NCCO)cc1NC(=O)c1ccco1. The summed E-state index contributed by atoms with van der Waals surface area (Å²) in [6.45, 7) is -0.00977. The number of hydrogen-bond acceptors (Lipinski definition) is 5. The fraction of sp³-hybridized carbons (Fsp3) is 0.250. The van der Waals surface area contributed by atoms with E-state index < -0.39 is 11.8 Å². The Hall–Kier alpha value is -2.61. The first kappa shape index (κ1) is 13.8. The smallest absolute Gasteiger partial charge is 0.292 e. The summed E-state index contributed by atoms with van der Waals surface area (Å²) in [6, 6.07) is 4.57. The van der Waals surface area contributed by atoms with Crippen LogP contribution in [0.5, 0.6) is 0 Å². The van der Waals surface area contributed by atoms with E-state index in [1.807, 2.05) is 0 Å². The van der Waals surface area contributed by atoms with Gasteiger partial charge in [-0.2, -0.15) is 5.10 Å². The molecular weight excluding hydrogens is 264 g/mol. The summed E-state index contributed by atoms with van der Waals surface area (Å²) < 4.78 is 6.34. The number of aliphatic hydroxyl groups excluding tert-OH is 1. The van der Waals surface area contributed by atoms with Crippen LogP contribution in [-0.4, -0.2) is 39.9 Å². The molecule has 0 aliphatic carbocycles. The second kappa shape index (κ2) is 6.02. The van der Waals surface area contributed by atoms with Crippen LogP contribution in [0.15, 0.2) is 28.9 Å². The van der Waals surface area contributed by atoms with Crippen LogP contribution in [-0.2, 0) is 7.05 Å². The van der Waals surface area contributed by atoms with Crippen LogP contribution in [0.4, 0.5) is 5.82 Å². The molecule has 8 nitrogen and oxygen atoms in total. The molecule has 106 valence electrons. The van der Waals surface area contributed by atoms with E-state index in [0.29, 0.717) is 5.82 Å². The lowest BCUT2D eigenvalue weighted by atomic mass is 10.3. The highest BCUT2D eigenvalue weighted by molar-refractivity contribution is 6.02. The molecule has 2 heterocycles. The van der Waals surface area contributed by atoms with Gasteiger partial charge in [0.05, 0.1) is 12.9 Å². The van der Waals surface area contributed by atoms with E-state index in [9.17, 15) is 9.59 Å². The summed E-state index contributed by atoms with van der Waals surface area (Å²) >= 11 is 0. The van der Waals surface area contributed by atoms with Crippen molar-refractivity contribution in [3.05, 3.63) is 35.9 Å². The second-order valence-electron chi connectivity index (χ2n) is 3.95. The molecule has 0 saturated carbocycles. The number of anilines is 1. The molecule has 0 fully saturated rings. The van der Waals surface area contributed by atoms with Crippen LogP contribution in [0.1, 0.15) is 21.0 Å². The van der Waals surface area contributed by atoms with Crippen molar-refractivity contribution < 1.29 is 19.1 Å². The van der Waals surface area contributed by atoms with Crippen LogP contribution in [0.2, 0.25) is 0 Å². The molecule has 0 saturated heterocycles. The average molecular weight is 278 g/mol. The number of nitrogens with zero attached hydrogens (tertiary/aromatic N) is 2. The zero-order valence-corrected chi connectivity index (χ0v) is 10.8. The summed E-state index contributed by atoms with van der Waals surface area (Å²) in [5.74, 6) is -0.327. The quantitative estimate of drug-likeness (QED) is 0.712. The Morgan fingerprint density at radius 2 is 2.25 bits per heavy atom. The van der Waals surface area contributed by atoms with Gasteiger partial charge in [-0.15, -0.1) is 0 Å². The Labute approximate surface area is 114 Å². The summed E-state index contributed by atoms with van der Waals surface area (Å²) in [5.41, 5.74) is 0.149. The van der Waals surface area contributed by atoms with E-state index in [4.69, 9.17) is 9.52 Å². The summed E-state index contributed by atoms with van der Waals surface area (Å²) in [5, 5.41) is 17.7. The van der Waals surface area contributed by atoms with Crippen LogP contribution in [0.3, 0.4) is 0 Å². The van der Waals surface area contributed by atoms with Crippen molar-refractivity contribution in [1.82, 2.24) is 15.1 Å². The van der Waals surface area contributed by atoms with Gasteiger partial charge in [-0.25, -0.2) is 0 Å². The lowest BCUT2D eigenvalue weighted by Gasteiger charge is -2.01. The van der Waals surface area contributed by atoms with Gasteiger partial charge in [0.15, 0.2) is 11.5 Å².